The van der Waals surface area contributed by atoms with Crippen molar-refractivity contribution in [1.82, 2.24) is 0 Å². The Balaban J connectivity index is 1.94. The highest BCUT2D eigenvalue weighted by Gasteiger charge is 2.13. The van der Waals surface area contributed by atoms with Crippen LogP contribution in [-0.4, -0.2) is 13.0 Å². The molecule has 0 fully saturated rings. The summed E-state index contributed by atoms with van der Waals surface area (Å²) in [5.41, 5.74) is 5.65. The molecule has 4 nitrogen and oxygen atoms in total. The summed E-state index contributed by atoms with van der Waals surface area (Å²) in [4.78, 5) is 12.7. The molecule has 0 aliphatic heterocycles. The Morgan fingerprint density at radius 3 is 2.38 bits per heavy atom. The van der Waals surface area contributed by atoms with Gasteiger partial charge >= 0.3 is 0 Å². The van der Waals surface area contributed by atoms with Gasteiger partial charge in [0.2, 0.25) is 0 Å². The zero-order chi connectivity index (χ0) is 23.3. The molecule has 1 N–H and O–H groups in total. The van der Waals surface area contributed by atoms with Gasteiger partial charge in [0.05, 0.1) is 17.2 Å². The fourth-order valence-electron chi connectivity index (χ4n) is 3.47. The van der Waals surface area contributed by atoms with E-state index in [1.165, 1.54) is 17.2 Å². The van der Waals surface area contributed by atoms with E-state index >= 15 is 0 Å². The minimum atomic E-state index is -0.529. The fourth-order valence-corrected chi connectivity index (χ4v) is 3.77. The number of amides is 1. The number of nitrogens with zero attached hydrogens (tertiary/aromatic N) is 1. The van der Waals surface area contributed by atoms with Crippen molar-refractivity contribution in [2.75, 3.05) is 12.4 Å². The number of aryl methyl sites for hydroxylation is 2. The molecule has 3 aromatic rings. The molecule has 0 aromatic heterocycles. The third-order valence-corrected chi connectivity index (χ3v) is 5.61. The van der Waals surface area contributed by atoms with Crippen LogP contribution in [0.4, 0.5) is 5.69 Å². The Morgan fingerprint density at radius 2 is 1.75 bits per heavy atom. The molecular formula is C26H22Cl2N2O2. The molecule has 6 heteroatoms. The molecule has 0 saturated heterocycles. The molecule has 3 aromatic carbocycles. The third-order valence-electron chi connectivity index (χ3n) is 4.87. The Labute approximate surface area is 198 Å². The number of halogens is 2. The monoisotopic (exact) mass is 464 g/mol. The van der Waals surface area contributed by atoms with Crippen LogP contribution in [0.1, 0.15) is 27.8 Å². The predicted molar refractivity (Wildman–Crippen MR) is 130 cm³/mol. The van der Waals surface area contributed by atoms with Gasteiger partial charge < -0.3 is 10.1 Å². The van der Waals surface area contributed by atoms with Gasteiger partial charge in [0.25, 0.3) is 5.91 Å². The summed E-state index contributed by atoms with van der Waals surface area (Å²) in [5.74, 6) is 0.180. The van der Waals surface area contributed by atoms with Crippen LogP contribution in [-0.2, 0) is 11.2 Å². The van der Waals surface area contributed by atoms with Gasteiger partial charge in [-0.15, -0.1) is 0 Å². The Morgan fingerprint density at radius 1 is 1.03 bits per heavy atom. The van der Waals surface area contributed by atoms with Crippen LogP contribution in [0.25, 0.3) is 6.08 Å². The molecule has 0 unspecified atom stereocenters. The zero-order valence-electron chi connectivity index (χ0n) is 18.0. The summed E-state index contributed by atoms with van der Waals surface area (Å²) in [6.07, 6.45) is 2.23. The van der Waals surface area contributed by atoms with E-state index in [9.17, 15) is 10.1 Å². The van der Waals surface area contributed by atoms with Crippen molar-refractivity contribution < 1.29 is 9.53 Å². The number of hydrogen-bond donors (Lipinski definition) is 1. The molecule has 0 bridgehead atoms. The SMILES string of the molecule is COc1ccc(/C=C(\C#N)C(=O)Nc2ccc(Cl)c(Cl)c2)c(Cc2cc(C)cc(C)c2)c1. The van der Waals surface area contributed by atoms with E-state index in [1.54, 1.807) is 25.3 Å². The largest absolute Gasteiger partial charge is 0.497 e. The van der Waals surface area contributed by atoms with Gasteiger partial charge in [-0.2, -0.15) is 5.26 Å². The van der Waals surface area contributed by atoms with Crippen molar-refractivity contribution in [2.24, 2.45) is 0 Å². The van der Waals surface area contributed by atoms with E-state index in [1.807, 2.05) is 24.3 Å². The average molecular weight is 465 g/mol. The topological polar surface area (TPSA) is 62.1 Å². The van der Waals surface area contributed by atoms with Gasteiger partial charge in [0.1, 0.15) is 17.4 Å². The summed E-state index contributed by atoms with van der Waals surface area (Å²) in [5, 5.41) is 13.0. The number of anilines is 1. The maximum Gasteiger partial charge on any atom is 0.266 e. The van der Waals surface area contributed by atoms with E-state index < -0.39 is 5.91 Å². The lowest BCUT2D eigenvalue weighted by molar-refractivity contribution is -0.112. The van der Waals surface area contributed by atoms with Crippen molar-refractivity contribution in [3.63, 3.8) is 0 Å². The Bertz CT molecular complexity index is 1220. The van der Waals surface area contributed by atoms with Crippen LogP contribution in [0.5, 0.6) is 5.75 Å². The van der Waals surface area contributed by atoms with Gasteiger partial charge in [0, 0.05) is 5.69 Å². The van der Waals surface area contributed by atoms with Crippen molar-refractivity contribution in [2.45, 2.75) is 20.3 Å². The van der Waals surface area contributed by atoms with Crippen LogP contribution < -0.4 is 10.1 Å². The predicted octanol–water partition coefficient (Wildman–Crippen LogP) is 6.76. The van der Waals surface area contributed by atoms with E-state index in [-0.39, 0.29) is 5.57 Å². The van der Waals surface area contributed by atoms with Crippen LogP contribution in [0.15, 0.2) is 60.2 Å². The maximum atomic E-state index is 12.7. The van der Waals surface area contributed by atoms with Crippen LogP contribution in [0.2, 0.25) is 10.0 Å². The fraction of sp³-hybridized carbons (Fsp3) is 0.154. The lowest BCUT2D eigenvalue weighted by Gasteiger charge is -2.11. The first-order valence-electron chi connectivity index (χ1n) is 9.91. The quantitative estimate of drug-likeness (QED) is 0.323. The molecular weight excluding hydrogens is 443 g/mol. The van der Waals surface area contributed by atoms with Gasteiger partial charge in [-0.1, -0.05) is 58.6 Å². The van der Waals surface area contributed by atoms with Crippen molar-refractivity contribution in [3.05, 3.63) is 98.0 Å². The summed E-state index contributed by atoms with van der Waals surface area (Å²) < 4.78 is 5.39. The van der Waals surface area contributed by atoms with Gasteiger partial charge in [-0.25, -0.2) is 0 Å². The lowest BCUT2D eigenvalue weighted by atomic mass is 9.96. The maximum absolute atomic E-state index is 12.7. The number of hydrogen-bond acceptors (Lipinski definition) is 3. The first-order valence-corrected chi connectivity index (χ1v) is 10.7. The Hall–Kier alpha value is -3.26. The second-order valence-corrected chi connectivity index (χ2v) is 8.30. The molecule has 0 heterocycles. The second-order valence-electron chi connectivity index (χ2n) is 7.49. The molecule has 0 saturated carbocycles. The van der Waals surface area contributed by atoms with Gasteiger partial charge in [0.15, 0.2) is 0 Å². The summed E-state index contributed by atoms with van der Waals surface area (Å²) in [6, 6.07) is 18.7. The Kier molecular flexibility index (Phi) is 7.58. The standard InChI is InChI=1S/C26H22Cl2N2O2/c1-16-8-17(2)10-18(9-16)11-20-13-23(32-3)6-4-19(20)12-21(15-29)26(31)30-22-5-7-24(27)25(28)14-22/h4-10,12-14H,11H2,1-3H3,(H,30,31)/b21-12+. The summed E-state index contributed by atoms with van der Waals surface area (Å²) in [6.45, 7) is 4.12. The van der Waals surface area contributed by atoms with Crippen LogP contribution in [0, 0.1) is 25.2 Å². The van der Waals surface area contributed by atoms with Crippen LogP contribution in [0.3, 0.4) is 0 Å². The number of methoxy groups -OCH3 is 1. The van der Waals surface area contributed by atoms with E-state index in [0.717, 1.165) is 16.7 Å². The number of ether oxygens (including phenoxy) is 1. The highest BCUT2D eigenvalue weighted by molar-refractivity contribution is 6.42. The first kappa shape index (κ1) is 23.4. The minimum absolute atomic E-state index is 0.0251. The number of benzene rings is 3. The third kappa shape index (κ3) is 5.91. The average Bonchev–Trinajstić information content (AvgIpc) is 2.74. The number of carbonyl (C=O) groups excluding carboxylic acids is 1. The second kappa shape index (κ2) is 10.4. The van der Waals surface area contributed by atoms with Gasteiger partial charge in [-0.3, -0.25) is 4.79 Å². The first-order chi connectivity index (χ1) is 15.3. The van der Waals surface area contributed by atoms with E-state index in [4.69, 9.17) is 27.9 Å². The van der Waals surface area contributed by atoms with Crippen molar-refractivity contribution >= 4 is 40.9 Å². The van der Waals surface area contributed by atoms with Crippen LogP contribution >= 0.6 is 23.2 Å². The zero-order valence-corrected chi connectivity index (χ0v) is 19.5. The van der Waals surface area contributed by atoms with E-state index in [2.05, 4.69) is 37.4 Å². The smallest absolute Gasteiger partial charge is 0.266 e. The number of nitriles is 1. The molecule has 1 amide bonds. The summed E-state index contributed by atoms with van der Waals surface area (Å²) in [7, 11) is 1.61. The summed E-state index contributed by atoms with van der Waals surface area (Å²) >= 11 is 11.9. The van der Waals surface area contributed by atoms with Crippen molar-refractivity contribution in [3.8, 4) is 11.8 Å². The lowest BCUT2D eigenvalue weighted by Crippen LogP contribution is -2.13. The molecule has 0 radical (unpaired) electrons. The van der Waals surface area contributed by atoms with E-state index in [0.29, 0.717) is 27.9 Å². The molecule has 0 spiro atoms. The highest BCUT2D eigenvalue weighted by atomic mass is 35.5. The van der Waals surface area contributed by atoms with Crippen molar-refractivity contribution in [1.29, 1.82) is 5.26 Å². The minimum Gasteiger partial charge on any atom is -0.497 e. The highest BCUT2D eigenvalue weighted by Crippen LogP contribution is 2.26. The number of carbonyl (C=O) groups is 1. The molecule has 3 rings (SSSR count). The molecule has 0 aliphatic rings. The molecule has 162 valence electrons. The number of rotatable bonds is 6. The normalized spacial score (nSPS) is 11.1. The van der Waals surface area contributed by atoms with Gasteiger partial charge in [-0.05, 0) is 73.4 Å². The molecule has 32 heavy (non-hydrogen) atoms. The number of nitrogens with one attached hydrogen (secondary N) is 1. The molecule has 0 aliphatic carbocycles. The molecule has 0 atom stereocenters.